The number of fused-ring (bicyclic) bond motifs is 1. The summed E-state index contributed by atoms with van der Waals surface area (Å²) in [7, 11) is 0. The molecule has 0 unspecified atom stereocenters. The molecule has 2 aromatic carbocycles. The third-order valence-corrected chi connectivity index (χ3v) is 5.83. The summed E-state index contributed by atoms with van der Waals surface area (Å²) in [6, 6.07) is 10.8. The molecule has 0 radical (unpaired) electrons. The van der Waals surface area contributed by atoms with E-state index in [0.29, 0.717) is 30.2 Å². The number of hydrogen-bond donors (Lipinski definition) is 2. The number of allylic oxidation sites excluding steroid dienone is 1. The molecule has 152 valence electrons. The van der Waals surface area contributed by atoms with Crippen molar-refractivity contribution < 1.29 is 24.3 Å². The molecule has 0 atom stereocenters. The van der Waals surface area contributed by atoms with E-state index >= 15 is 0 Å². The maximum atomic E-state index is 12.9. The Hall–Kier alpha value is -2.79. The van der Waals surface area contributed by atoms with Crippen LogP contribution in [0.5, 0.6) is 17.2 Å². The molecule has 2 aliphatic heterocycles. The molecule has 1 fully saturated rings. The molecule has 0 spiro atoms. The van der Waals surface area contributed by atoms with Gasteiger partial charge in [0.25, 0.3) is 0 Å². The highest BCUT2D eigenvalue weighted by atomic mass is 16.5. The van der Waals surface area contributed by atoms with Crippen molar-refractivity contribution in [1.82, 2.24) is 0 Å². The number of nitrogens with one attached hydrogen (secondary N) is 1. The van der Waals surface area contributed by atoms with Crippen LogP contribution in [-0.4, -0.2) is 30.6 Å². The van der Waals surface area contributed by atoms with Crippen LogP contribution in [0.2, 0.25) is 0 Å². The Morgan fingerprint density at radius 1 is 1.21 bits per heavy atom. The van der Waals surface area contributed by atoms with Crippen molar-refractivity contribution in [2.24, 2.45) is 5.92 Å². The number of ketones is 1. The van der Waals surface area contributed by atoms with Crippen LogP contribution in [0.4, 0.5) is 0 Å². The zero-order chi connectivity index (χ0) is 20.4. The number of phenols is 1. The summed E-state index contributed by atoms with van der Waals surface area (Å²) in [4.78, 5) is 14.4. The molecule has 2 aromatic rings. The molecule has 5 nitrogen and oxygen atoms in total. The Labute approximate surface area is 171 Å². The summed E-state index contributed by atoms with van der Waals surface area (Å²) in [6.07, 6.45) is 4.10. The highest BCUT2D eigenvalue weighted by Crippen LogP contribution is 2.39. The van der Waals surface area contributed by atoms with Crippen LogP contribution in [0.25, 0.3) is 6.08 Å². The number of likely N-dealkylation sites (tertiary alicyclic amines) is 1. The number of Topliss-reactive ketones (excluding diaryl/α,β-unsaturated/α-hetero) is 1. The van der Waals surface area contributed by atoms with Crippen LogP contribution in [0.1, 0.15) is 48.2 Å². The lowest BCUT2D eigenvalue weighted by molar-refractivity contribution is -0.919. The molecular formula is C24H28NO4+. The third kappa shape index (κ3) is 4.01. The minimum Gasteiger partial charge on any atom is -0.507 e. The second-order valence-electron chi connectivity index (χ2n) is 7.96. The van der Waals surface area contributed by atoms with E-state index in [4.69, 9.17) is 9.47 Å². The average Bonchev–Trinajstić information content (AvgIpc) is 3.03. The molecule has 0 bridgehead atoms. The topological polar surface area (TPSA) is 60.2 Å². The Morgan fingerprint density at radius 2 is 1.97 bits per heavy atom. The molecule has 2 heterocycles. The monoisotopic (exact) mass is 394 g/mol. The van der Waals surface area contributed by atoms with Gasteiger partial charge in [0, 0.05) is 5.56 Å². The number of ether oxygens (including phenoxy) is 2. The van der Waals surface area contributed by atoms with E-state index in [0.717, 1.165) is 30.1 Å². The van der Waals surface area contributed by atoms with Gasteiger partial charge in [-0.05, 0) is 50.0 Å². The number of benzene rings is 2. The van der Waals surface area contributed by atoms with Crippen LogP contribution < -0.4 is 14.4 Å². The van der Waals surface area contributed by atoms with Gasteiger partial charge in [-0.3, -0.25) is 4.79 Å². The van der Waals surface area contributed by atoms with Gasteiger partial charge in [-0.25, -0.2) is 0 Å². The maximum absolute atomic E-state index is 12.9. The Kier molecular flexibility index (Phi) is 5.58. The fraction of sp³-hybridized carbons (Fsp3) is 0.375. The van der Waals surface area contributed by atoms with Gasteiger partial charge in [0.1, 0.15) is 18.0 Å². The predicted octanol–water partition coefficient (Wildman–Crippen LogP) is 3.22. The highest BCUT2D eigenvalue weighted by Gasteiger charge is 2.33. The molecule has 0 aromatic heterocycles. The van der Waals surface area contributed by atoms with Crippen LogP contribution in [0.3, 0.4) is 0 Å². The Balaban J connectivity index is 1.63. The van der Waals surface area contributed by atoms with Gasteiger partial charge in [-0.1, -0.05) is 25.1 Å². The maximum Gasteiger partial charge on any atom is 0.231 e. The smallest absolute Gasteiger partial charge is 0.231 e. The summed E-state index contributed by atoms with van der Waals surface area (Å²) in [6.45, 7) is 7.57. The first-order valence-electron chi connectivity index (χ1n) is 10.4. The van der Waals surface area contributed by atoms with Crippen molar-refractivity contribution in [3.63, 3.8) is 0 Å². The van der Waals surface area contributed by atoms with E-state index in [9.17, 15) is 9.90 Å². The zero-order valence-corrected chi connectivity index (χ0v) is 17.0. The van der Waals surface area contributed by atoms with Crippen molar-refractivity contribution in [2.75, 3.05) is 19.7 Å². The van der Waals surface area contributed by atoms with E-state index in [-0.39, 0.29) is 17.3 Å². The average molecular weight is 394 g/mol. The van der Waals surface area contributed by atoms with E-state index in [1.54, 1.807) is 18.2 Å². The predicted molar refractivity (Wildman–Crippen MR) is 111 cm³/mol. The van der Waals surface area contributed by atoms with Gasteiger partial charge in [-0.2, -0.15) is 0 Å². The van der Waals surface area contributed by atoms with E-state index in [2.05, 4.69) is 6.92 Å². The van der Waals surface area contributed by atoms with Crippen LogP contribution in [-0.2, 0) is 6.54 Å². The molecule has 0 aliphatic carbocycles. The van der Waals surface area contributed by atoms with Crippen LogP contribution in [0.15, 0.2) is 42.2 Å². The van der Waals surface area contributed by atoms with E-state index in [1.807, 2.05) is 31.2 Å². The quantitative estimate of drug-likeness (QED) is 0.765. The first-order chi connectivity index (χ1) is 14.1. The van der Waals surface area contributed by atoms with Crippen molar-refractivity contribution in [2.45, 2.75) is 33.2 Å². The second-order valence-corrected chi connectivity index (χ2v) is 7.96. The van der Waals surface area contributed by atoms with Crippen molar-refractivity contribution in [1.29, 1.82) is 0 Å². The normalized spacial score (nSPS) is 22.4. The number of piperidine rings is 1. The van der Waals surface area contributed by atoms with Gasteiger partial charge in [0.05, 0.1) is 30.8 Å². The second kappa shape index (κ2) is 8.29. The summed E-state index contributed by atoms with van der Waals surface area (Å²) in [5, 5.41) is 10.5. The summed E-state index contributed by atoms with van der Waals surface area (Å²) in [5.41, 5.74) is 2.04. The number of quaternary nitrogens is 1. The first-order valence-corrected chi connectivity index (χ1v) is 10.4. The molecule has 4 rings (SSSR count). The number of para-hydroxylation sites is 1. The van der Waals surface area contributed by atoms with E-state index < -0.39 is 0 Å². The minimum absolute atomic E-state index is 0.158. The van der Waals surface area contributed by atoms with Gasteiger partial charge in [0.15, 0.2) is 11.5 Å². The number of phenolic OH excluding ortho intramolecular Hbond substituents is 1. The highest BCUT2D eigenvalue weighted by molar-refractivity contribution is 6.15. The van der Waals surface area contributed by atoms with Gasteiger partial charge < -0.3 is 19.5 Å². The lowest BCUT2D eigenvalue weighted by atomic mass is 9.98. The zero-order valence-electron chi connectivity index (χ0n) is 17.0. The number of rotatable bonds is 5. The van der Waals surface area contributed by atoms with Gasteiger partial charge in [-0.15, -0.1) is 0 Å². The van der Waals surface area contributed by atoms with Crippen LogP contribution in [0, 0.1) is 5.92 Å². The minimum atomic E-state index is -0.158. The molecule has 5 heteroatoms. The molecule has 2 N–H and O–H groups in total. The summed E-state index contributed by atoms with van der Waals surface area (Å²) < 4.78 is 11.7. The standard InChI is InChI=1S/C24H27NO4/c1-3-28-21-7-5-4-6-17(21)14-22-23(27)18-8-9-20(26)19(24(18)29-22)15-25-12-10-16(2)11-13-25/h4-9,14,16,26H,3,10-13,15H2,1-2H3/p+1/b22-14-. The fourth-order valence-corrected chi connectivity index (χ4v) is 4.09. The van der Waals surface area contributed by atoms with Gasteiger partial charge >= 0.3 is 0 Å². The molecule has 1 saturated heterocycles. The van der Waals surface area contributed by atoms with E-state index in [1.165, 1.54) is 17.7 Å². The SMILES string of the molecule is CCOc1ccccc1/C=C1\Oc2c(ccc(O)c2C[NH+]2CCC(C)CC2)C1=O. The van der Waals surface area contributed by atoms with Crippen LogP contribution >= 0.6 is 0 Å². The van der Waals surface area contributed by atoms with Crippen molar-refractivity contribution >= 4 is 11.9 Å². The number of hydrogen-bond acceptors (Lipinski definition) is 4. The molecule has 29 heavy (non-hydrogen) atoms. The lowest BCUT2D eigenvalue weighted by Crippen LogP contribution is -3.11. The molecule has 2 aliphatic rings. The number of carbonyl (C=O) groups excluding carboxylic acids is 1. The lowest BCUT2D eigenvalue weighted by Gasteiger charge is -2.27. The summed E-state index contributed by atoms with van der Waals surface area (Å²) in [5.74, 6) is 2.27. The fourth-order valence-electron chi connectivity index (χ4n) is 4.09. The Bertz CT molecular complexity index is 942. The van der Waals surface area contributed by atoms with Crippen molar-refractivity contribution in [3.05, 3.63) is 58.8 Å². The molecule has 0 amide bonds. The largest absolute Gasteiger partial charge is 0.507 e. The third-order valence-electron chi connectivity index (χ3n) is 5.83. The van der Waals surface area contributed by atoms with Crippen molar-refractivity contribution in [3.8, 4) is 17.2 Å². The van der Waals surface area contributed by atoms with Gasteiger partial charge in [0.2, 0.25) is 5.78 Å². The number of aromatic hydroxyl groups is 1. The first kappa shape index (κ1) is 19.5. The molecular weight excluding hydrogens is 366 g/mol. The molecule has 0 saturated carbocycles. The Morgan fingerprint density at radius 3 is 2.72 bits per heavy atom. The summed E-state index contributed by atoms with van der Waals surface area (Å²) >= 11 is 0. The number of carbonyl (C=O) groups is 1.